The third-order valence-corrected chi connectivity index (χ3v) is 7.49. The van der Waals surface area contributed by atoms with Gasteiger partial charge in [-0.15, -0.1) is 0 Å². The predicted molar refractivity (Wildman–Crippen MR) is 144 cm³/mol. The highest BCUT2D eigenvalue weighted by Crippen LogP contribution is 2.38. The number of nitrogens with zero attached hydrogens (tertiary/aromatic N) is 2. The molecule has 0 saturated heterocycles. The largest absolute Gasteiger partial charge is 0.481 e. The number of hydrogen-bond acceptors (Lipinski definition) is 5. The van der Waals surface area contributed by atoms with Gasteiger partial charge in [0.05, 0.1) is 0 Å². The van der Waals surface area contributed by atoms with Crippen LogP contribution in [0.5, 0.6) is 5.75 Å². The fraction of sp³-hybridized carbons (Fsp3) is 0.593. The average Bonchev–Trinajstić information content (AvgIpc) is 3.32. The average molecular weight is 504 g/mol. The van der Waals surface area contributed by atoms with Crippen molar-refractivity contribution in [1.82, 2.24) is 20.5 Å². The van der Waals surface area contributed by atoms with Gasteiger partial charge in [-0.3, -0.25) is 9.89 Å². The molecule has 0 aliphatic heterocycles. The minimum absolute atomic E-state index is 0.0691. The number of ether oxygens (including phenoxy) is 1. The highest BCUT2D eigenvalue weighted by Gasteiger charge is 2.28. The van der Waals surface area contributed by atoms with Crippen molar-refractivity contribution in [3.8, 4) is 5.75 Å². The molecule has 7 nitrogen and oxygen atoms in total. The lowest BCUT2D eigenvalue weighted by atomic mass is 9.76. The summed E-state index contributed by atoms with van der Waals surface area (Å²) in [5.41, 5.74) is 8.55. The third-order valence-electron chi connectivity index (χ3n) is 7.03. The lowest BCUT2D eigenvalue weighted by Gasteiger charge is -2.31. The molecule has 0 radical (unpaired) electrons. The summed E-state index contributed by atoms with van der Waals surface area (Å²) in [5.74, 6) is 1.43. The van der Waals surface area contributed by atoms with E-state index in [1.807, 2.05) is 13.0 Å². The number of nitrogens with one attached hydrogen (secondary N) is 2. The zero-order valence-electron chi connectivity index (χ0n) is 22.7. The van der Waals surface area contributed by atoms with Crippen LogP contribution < -0.4 is 15.8 Å². The van der Waals surface area contributed by atoms with E-state index in [1.165, 1.54) is 5.56 Å². The highest BCUT2D eigenvalue weighted by atomic mass is 35.5. The number of aromatic nitrogens is 3. The first-order valence-electron chi connectivity index (χ1n) is 12.4. The van der Waals surface area contributed by atoms with E-state index in [1.54, 1.807) is 13.8 Å². The van der Waals surface area contributed by atoms with Crippen LogP contribution in [0.2, 0.25) is 0 Å². The SMILES string of the molecule is CCC(C)(C)c1ccc(OC(C)C(=O)NCC(C)c2nc(/C(Cl)=C(/C)N)n[nH]2)c(C(C)(C)CC)c1. The molecule has 0 spiro atoms. The Kier molecular flexibility index (Phi) is 9.40. The number of nitrogens with two attached hydrogens (primary N) is 1. The van der Waals surface area contributed by atoms with Crippen LogP contribution in [-0.2, 0) is 15.6 Å². The molecule has 2 aromatic rings. The Hall–Kier alpha value is -2.54. The Labute approximate surface area is 215 Å². The molecule has 4 N–H and O–H groups in total. The number of halogens is 1. The monoisotopic (exact) mass is 503 g/mol. The standard InChI is InChI=1S/C27H42ClN5O2/c1-10-26(6,7)19-12-13-21(20(14-19)27(8,9)11-2)35-18(5)25(34)30-15-16(3)23-31-24(33-32-23)22(28)17(4)29/h12-14,16,18H,10-11,15,29H2,1-9H3,(H,30,34)(H,31,32,33)/b22-17+. The van der Waals surface area contributed by atoms with Crippen molar-refractivity contribution in [3.63, 3.8) is 0 Å². The molecule has 194 valence electrons. The molecule has 0 fully saturated rings. The van der Waals surface area contributed by atoms with Gasteiger partial charge in [-0.05, 0) is 49.1 Å². The van der Waals surface area contributed by atoms with Crippen molar-refractivity contribution < 1.29 is 9.53 Å². The molecular formula is C27H42ClN5O2. The maximum atomic E-state index is 12.9. The van der Waals surface area contributed by atoms with Crippen molar-refractivity contribution in [1.29, 1.82) is 0 Å². The minimum Gasteiger partial charge on any atom is -0.481 e. The van der Waals surface area contributed by atoms with E-state index in [0.29, 0.717) is 28.9 Å². The number of allylic oxidation sites excluding steroid dienone is 1. The Morgan fingerprint density at radius 3 is 2.37 bits per heavy atom. The summed E-state index contributed by atoms with van der Waals surface area (Å²) in [6, 6.07) is 6.38. The molecule has 0 aliphatic carbocycles. The van der Waals surface area contributed by atoms with Gasteiger partial charge in [0.15, 0.2) is 11.9 Å². The van der Waals surface area contributed by atoms with Crippen LogP contribution in [0.4, 0.5) is 0 Å². The van der Waals surface area contributed by atoms with E-state index >= 15 is 0 Å². The van der Waals surface area contributed by atoms with Gasteiger partial charge in [0, 0.05) is 23.7 Å². The molecule has 2 atom stereocenters. The third kappa shape index (κ3) is 7.00. The molecule has 0 bridgehead atoms. The molecule has 35 heavy (non-hydrogen) atoms. The maximum Gasteiger partial charge on any atom is 0.260 e. The molecule has 1 aromatic heterocycles. The summed E-state index contributed by atoms with van der Waals surface area (Å²) in [4.78, 5) is 17.2. The van der Waals surface area contributed by atoms with Gasteiger partial charge in [0.25, 0.3) is 5.91 Å². The quantitative estimate of drug-likeness (QED) is 0.362. The van der Waals surface area contributed by atoms with Gasteiger partial charge in [-0.1, -0.05) is 72.2 Å². The normalized spacial score (nSPS) is 14.8. The highest BCUT2D eigenvalue weighted by molar-refractivity contribution is 6.48. The lowest BCUT2D eigenvalue weighted by molar-refractivity contribution is -0.127. The number of carbonyl (C=O) groups excluding carboxylic acids is 1. The maximum absolute atomic E-state index is 12.9. The molecule has 0 aliphatic rings. The number of hydrogen-bond donors (Lipinski definition) is 3. The second-order valence-corrected chi connectivity index (χ2v) is 11.0. The summed E-state index contributed by atoms with van der Waals surface area (Å²) in [6.07, 6.45) is 1.35. The Morgan fingerprint density at radius 2 is 1.80 bits per heavy atom. The van der Waals surface area contributed by atoms with Crippen molar-refractivity contribution in [3.05, 3.63) is 46.7 Å². The zero-order chi connectivity index (χ0) is 26.6. The second kappa shape index (κ2) is 11.5. The first-order valence-corrected chi connectivity index (χ1v) is 12.7. The van der Waals surface area contributed by atoms with Crippen LogP contribution in [0.25, 0.3) is 5.03 Å². The molecule has 0 saturated carbocycles. The van der Waals surface area contributed by atoms with Crippen molar-refractivity contribution in [2.24, 2.45) is 5.73 Å². The van der Waals surface area contributed by atoms with E-state index < -0.39 is 6.10 Å². The number of carbonyl (C=O) groups is 1. The minimum atomic E-state index is -0.652. The molecule has 8 heteroatoms. The van der Waals surface area contributed by atoms with Crippen LogP contribution in [0.15, 0.2) is 23.9 Å². The fourth-order valence-corrected chi connectivity index (χ4v) is 3.57. The van der Waals surface area contributed by atoms with Crippen LogP contribution in [-0.4, -0.2) is 33.7 Å². The Morgan fingerprint density at radius 1 is 1.17 bits per heavy atom. The first kappa shape index (κ1) is 28.7. The molecule has 1 amide bonds. The second-order valence-electron chi connectivity index (χ2n) is 10.6. The number of rotatable bonds is 11. The summed E-state index contributed by atoms with van der Waals surface area (Å²) in [6.45, 7) is 19.1. The van der Waals surface area contributed by atoms with Gasteiger partial charge < -0.3 is 15.8 Å². The van der Waals surface area contributed by atoms with E-state index in [9.17, 15) is 4.79 Å². The molecule has 2 rings (SSSR count). The molecule has 1 aromatic carbocycles. The molecule has 1 heterocycles. The Bertz CT molecular complexity index is 1050. The first-order chi connectivity index (χ1) is 16.2. The lowest BCUT2D eigenvalue weighted by Crippen LogP contribution is -2.38. The van der Waals surface area contributed by atoms with Crippen molar-refractivity contribution in [2.75, 3.05) is 6.54 Å². The van der Waals surface area contributed by atoms with Crippen molar-refractivity contribution >= 4 is 22.5 Å². The summed E-state index contributed by atoms with van der Waals surface area (Å²) in [5, 5.41) is 10.2. The fourth-order valence-electron chi connectivity index (χ4n) is 3.48. The van der Waals surface area contributed by atoms with Crippen LogP contribution in [0.1, 0.15) is 104 Å². The summed E-state index contributed by atoms with van der Waals surface area (Å²) < 4.78 is 6.21. The number of benzene rings is 1. The smallest absolute Gasteiger partial charge is 0.260 e. The van der Waals surface area contributed by atoms with Crippen LogP contribution in [0, 0.1) is 0 Å². The molecular weight excluding hydrogens is 462 g/mol. The van der Waals surface area contributed by atoms with E-state index in [2.05, 4.69) is 74.2 Å². The number of aromatic amines is 1. The van der Waals surface area contributed by atoms with E-state index in [-0.39, 0.29) is 22.7 Å². The van der Waals surface area contributed by atoms with Gasteiger partial charge >= 0.3 is 0 Å². The summed E-state index contributed by atoms with van der Waals surface area (Å²) >= 11 is 6.13. The van der Waals surface area contributed by atoms with E-state index in [4.69, 9.17) is 22.1 Å². The van der Waals surface area contributed by atoms with Crippen LogP contribution >= 0.6 is 11.6 Å². The number of H-pyrrole nitrogens is 1. The zero-order valence-corrected chi connectivity index (χ0v) is 23.4. The predicted octanol–water partition coefficient (Wildman–Crippen LogP) is 5.75. The van der Waals surface area contributed by atoms with Gasteiger partial charge in [-0.25, -0.2) is 4.98 Å². The Balaban J connectivity index is 2.12. The van der Waals surface area contributed by atoms with Gasteiger partial charge in [0.2, 0.25) is 0 Å². The van der Waals surface area contributed by atoms with Gasteiger partial charge in [0.1, 0.15) is 16.6 Å². The van der Waals surface area contributed by atoms with Crippen molar-refractivity contribution in [2.45, 2.75) is 98.0 Å². The van der Waals surface area contributed by atoms with Crippen LogP contribution in [0.3, 0.4) is 0 Å². The molecule has 2 unspecified atom stereocenters. The number of amides is 1. The van der Waals surface area contributed by atoms with E-state index in [0.717, 1.165) is 24.2 Å². The topological polar surface area (TPSA) is 106 Å². The van der Waals surface area contributed by atoms with Gasteiger partial charge in [-0.2, -0.15) is 5.10 Å². The summed E-state index contributed by atoms with van der Waals surface area (Å²) in [7, 11) is 0.